The maximum atomic E-state index is 15.6. The lowest BCUT2D eigenvalue weighted by molar-refractivity contribution is 0.378. The van der Waals surface area contributed by atoms with E-state index in [0.29, 0.717) is 23.1 Å². The molecular formula is C21H23FN6O. The number of nitrogens with zero attached hydrogens (tertiary/aromatic N) is 5. The van der Waals surface area contributed by atoms with Gasteiger partial charge in [0.15, 0.2) is 11.6 Å². The first-order chi connectivity index (χ1) is 13.9. The molecule has 0 amide bonds. The van der Waals surface area contributed by atoms with Crippen LogP contribution in [0.4, 0.5) is 16.2 Å². The first-order valence-corrected chi connectivity index (χ1v) is 9.53. The van der Waals surface area contributed by atoms with Crippen LogP contribution in [0.1, 0.15) is 36.4 Å². The topological polar surface area (TPSA) is 90.0 Å². The van der Waals surface area contributed by atoms with Crippen LogP contribution in [0.15, 0.2) is 30.6 Å². The Morgan fingerprint density at radius 2 is 1.93 bits per heavy atom. The number of aryl methyl sites for hydroxylation is 1. The molecule has 0 unspecified atom stereocenters. The largest absolute Gasteiger partial charge is 0.435 e. The van der Waals surface area contributed by atoms with E-state index in [4.69, 9.17) is 10.5 Å². The van der Waals surface area contributed by atoms with Crippen molar-refractivity contribution >= 4 is 11.8 Å². The van der Waals surface area contributed by atoms with E-state index in [2.05, 4.69) is 19.9 Å². The Labute approximate surface area is 168 Å². The van der Waals surface area contributed by atoms with E-state index >= 15 is 4.39 Å². The molecule has 1 aliphatic rings. The van der Waals surface area contributed by atoms with Gasteiger partial charge >= 0.3 is 0 Å². The zero-order valence-electron chi connectivity index (χ0n) is 16.7. The summed E-state index contributed by atoms with van der Waals surface area (Å²) in [7, 11) is 3.69. The highest BCUT2D eigenvalue weighted by molar-refractivity contribution is 5.64. The summed E-state index contributed by atoms with van der Waals surface area (Å²) in [4.78, 5) is 18.8. The molecule has 150 valence electrons. The first kappa shape index (κ1) is 19.0. The molecule has 1 saturated carbocycles. The Morgan fingerprint density at radius 3 is 2.55 bits per heavy atom. The van der Waals surface area contributed by atoms with Gasteiger partial charge in [-0.2, -0.15) is 4.98 Å². The van der Waals surface area contributed by atoms with Gasteiger partial charge in [0.1, 0.15) is 5.82 Å². The molecule has 8 heteroatoms. The molecule has 0 radical (unpaired) electrons. The maximum Gasteiger partial charge on any atom is 0.228 e. The third-order valence-corrected chi connectivity index (χ3v) is 5.05. The van der Waals surface area contributed by atoms with Crippen molar-refractivity contribution in [2.24, 2.45) is 0 Å². The number of anilines is 2. The van der Waals surface area contributed by atoms with E-state index in [9.17, 15) is 0 Å². The Bertz CT molecular complexity index is 1030. The normalized spacial score (nSPS) is 13.8. The molecule has 2 N–H and O–H groups in total. The van der Waals surface area contributed by atoms with Crippen molar-refractivity contribution in [3.05, 3.63) is 47.7 Å². The van der Waals surface area contributed by atoms with E-state index < -0.39 is 5.82 Å². The van der Waals surface area contributed by atoms with Crippen LogP contribution in [0.3, 0.4) is 0 Å². The lowest BCUT2D eigenvalue weighted by atomic mass is 9.79. The molecule has 0 bridgehead atoms. The molecular weight excluding hydrogens is 371 g/mol. The van der Waals surface area contributed by atoms with Gasteiger partial charge in [-0.3, -0.25) is 4.98 Å². The molecule has 29 heavy (non-hydrogen) atoms. The second-order valence-electron chi connectivity index (χ2n) is 7.44. The van der Waals surface area contributed by atoms with Gasteiger partial charge in [0, 0.05) is 37.0 Å². The SMILES string of the molecule is Cc1cc(Oc2c(C3CCC3)ccc(-c3cnc(N)cn3)c2F)nc(N(C)C)n1. The van der Waals surface area contributed by atoms with Gasteiger partial charge in [-0.25, -0.2) is 14.4 Å². The number of hydrogen-bond donors (Lipinski definition) is 1. The van der Waals surface area contributed by atoms with Gasteiger partial charge in [0.05, 0.1) is 18.1 Å². The van der Waals surface area contributed by atoms with Crippen LogP contribution in [0.5, 0.6) is 11.6 Å². The zero-order chi connectivity index (χ0) is 20.5. The van der Waals surface area contributed by atoms with E-state index in [-0.39, 0.29) is 17.5 Å². The Hall–Kier alpha value is -3.29. The third kappa shape index (κ3) is 3.83. The molecule has 0 aliphatic heterocycles. The van der Waals surface area contributed by atoms with E-state index in [1.165, 1.54) is 12.4 Å². The van der Waals surface area contributed by atoms with Gasteiger partial charge in [-0.15, -0.1) is 0 Å². The van der Waals surface area contributed by atoms with E-state index in [1.807, 2.05) is 27.1 Å². The van der Waals surface area contributed by atoms with E-state index in [1.54, 1.807) is 17.0 Å². The molecule has 2 aromatic heterocycles. The van der Waals surface area contributed by atoms with Crippen molar-refractivity contribution in [3.63, 3.8) is 0 Å². The van der Waals surface area contributed by atoms with Crippen molar-refractivity contribution in [2.75, 3.05) is 24.7 Å². The fraction of sp³-hybridized carbons (Fsp3) is 0.333. The summed E-state index contributed by atoms with van der Waals surface area (Å²) >= 11 is 0. The Balaban J connectivity index is 1.79. The van der Waals surface area contributed by atoms with Gasteiger partial charge in [-0.1, -0.05) is 12.5 Å². The van der Waals surface area contributed by atoms with Crippen molar-refractivity contribution in [2.45, 2.75) is 32.1 Å². The summed E-state index contributed by atoms with van der Waals surface area (Å²) in [5.74, 6) is 1.09. The minimum atomic E-state index is -0.476. The number of ether oxygens (including phenoxy) is 1. The first-order valence-electron chi connectivity index (χ1n) is 9.53. The Kier molecular flexibility index (Phi) is 5.00. The van der Waals surface area contributed by atoms with Crippen LogP contribution in [0.2, 0.25) is 0 Å². The summed E-state index contributed by atoms with van der Waals surface area (Å²) in [6, 6.07) is 5.34. The number of nitrogen functional groups attached to an aromatic ring is 1. The minimum Gasteiger partial charge on any atom is -0.435 e. The second kappa shape index (κ2) is 7.62. The van der Waals surface area contributed by atoms with Crippen molar-refractivity contribution in [1.82, 2.24) is 19.9 Å². The molecule has 3 aromatic rings. The number of hydrogen-bond acceptors (Lipinski definition) is 7. The highest BCUT2D eigenvalue weighted by atomic mass is 19.1. The molecule has 0 spiro atoms. The summed E-state index contributed by atoms with van der Waals surface area (Å²) in [5, 5.41) is 0. The quantitative estimate of drug-likeness (QED) is 0.697. The lowest BCUT2D eigenvalue weighted by Gasteiger charge is -2.28. The monoisotopic (exact) mass is 394 g/mol. The average Bonchev–Trinajstić information content (AvgIpc) is 2.64. The minimum absolute atomic E-state index is 0.189. The van der Waals surface area contributed by atoms with Crippen LogP contribution in [0.25, 0.3) is 11.3 Å². The van der Waals surface area contributed by atoms with Gasteiger partial charge in [-0.05, 0) is 31.7 Å². The van der Waals surface area contributed by atoms with Gasteiger partial charge in [0.2, 0.25) is 11.8 Å². The number of halogens is 1. The molecule has 0 atom stereocenters. The summed E-state index contributed by atoms with van der Waals surface area (Å²) in [5.41, 5.74) is 7.91. The second-order valence-corrected chi connectivity index (χ2v) is 7.44. The number of benzene rings is 1. The number of rotatable bonds is 5. The van der Waals surface area contributed by atoms with Gasteiger partial charge in [0.25, 0.3) is 0 Å². The van der Waals surface area contributed by atoms with Crippen LogP contribution >= 0.6 is 0 Å². The fourth-order valence-corrected chi connectivity index (χ4v) is 3.27. The number of nitrogens with two attached hydrogens (primary N) is 1. The Morgan fingerprint density at radius 1 is 1.14 bits per heavy atom. The third-order valence-electron chi connectivity index (χ3n) is 5.05. The summed E-state index contributed by atoms with van der Waals surface area (Å²) in [6.45, 7) is 1.85. The zero-order valence-corrected chi connectivity index (χ0v) is 16.7. The molecule has 2 heterocycles. The van der Waals surface area contributed by atoms with Gasteiger partial charge < -0.3 is 15.4 Å². The van der Waals surface area contributed by atoms with Crippen molar-refractivity contribution < 1.29 is 9.13 Å². The van der Waals surface area contributed by atoms with Crippen molar-refractivity contribution in [3.8, 4) is 22.9 Å². The molecule has 4 rings (SSSR count). The summed E-state index contributed by atoms with van der Waals surface area (Å²) < 4.78 is 21.6. The van der Waals surface area contributed by atoms with Crippen LogP contribution in [-0.4, -0.2) is 34.0 Å². The maximum absolute atomic E-state index is 15.6. The van der Waals surface area contributed by atoms with Crippen LogP contribution < -0.4 is 15.4 Å². The fourth-order valence-electron chi connectivity index (χ4n) is 3.27. The molecule has 1 aromatic carbocycles. The highest BCUT2D eigenvalue weighted by Crippen LogP contribution is 2.45. The number of aromatic nitrogens is 4. The summed E-state index contributed by atoms with van der Waals surface area (Å²) in [6.07, 6.45) is 6.03. The predicted molar refractivity (Wildman–Crippen MR) is 110 cm³/mol. The molecule has 0 saturated heterocycles. The smallest absolute Gasteiger partial charge is 0.228 e. The lowest BCUT2D eigenvalue weighted by Crippen LogP contribution is -2.14. The van der Waals surface area contributed by atoms with Crippen molar-refractivity contribution in [1.29, 1.82) is 0 Å². The van der Waals surface area contributed by atoms with E-state index in [0.717, 1.165) is 30.5 Å². The predicted octanol–water partition coefficient (Wildman–Crippen LogP) is 4.09. The standard InChI is InChI=1S/C21H23FN6O/c1-12-9-18(27-21(26-12)28(2)3)29-20-14(13-5-4-6-13)7-8-15(19(20)22)16-10-25-17(23)11-24-16/h7-11,13H,4-6H2,1-3H3,(H2,23,25). The highest BCUT2D eigenvalue weighted by Gasteiger charge is 2.27. The molecule has 1 aliphatic carbocycles. The molecule has 7 nitrogen and oxygen atoms in total. The molecule has 1 fully saturated rings. The van der Waals surface area contributed by atoms with Crippen LogP contribution in [0, 0.1) is 12.7 Å². The average molecular weight is 394 g/mol. The van der Waals surface area contributed by atoms with Crippen LogP contribution in [-0.2, 0) is 0 Å².